The lowest BCUT2D eigenvalue weighted by Crippen LogP contribution is -2.31. The van der Waals surface area contributed by atoms with Gasteiger partial charge in [0.05, 0.1) is 13.7 Å². The quantitative estimate of drug-likeness (QED) is 0.452. The van der Waals surface area contributed by atoms with Gasteiger partial charge in [0, 0.05) is 7.11 Å². The van der Waals surface area contributed by atoms with Gasteiger partial charge in [0.2, 0.25) is 0 Å². The highest BCUT2D eigenvalue weighted by Gasteiger charge is 2.30. The molecule has 0 aliphatic rings. The van der Waals surface area contributed by atoms with Crippen molar-refractivity contribution in [1.82, 2.24) is 0 Å². The van der Waals surface area contributed by atoms with Crippen LogP contribution >= 0.6 is 0 Å². The molecule has 0 aromatic carbocycles. The van der Waals surface area contributed by atoms with Gasteiger partial charge in [0.15, 0.2) is 0 Å². The number of hydrogen-bond donors (Lipinski definition) is 0. The van der Waals surface area contributed by atoms with E-state index in [2.05, 4.69) is 11.3 Å². The van der Waals surface area contributed by atoms with E-state index in [-0.39, 0.29) is 5.97 Å². The molecule has 0 saturated carbocycles. The zero-order valence-corrected chi connectivity index (χ0v) is 7.22. The first-order valence-corrected chi connectivity index (χ1v) is 3.31. The molecule has 0 bridgehead atoms. The number of methoxy groups -OCH3 is 2. The maximum atomic E-state index is 11.1. The molecule has 0 amide bonds. The molecule has 0 radical (unpaired) electrons. The lowest BCUT2D eigenvalue weighted by Gasteiger charge is -2.20. The summed E-state index contributed by atoms with van der Waals surface area (Å²) in [5.74, 6) is -0.325. The van der Waals surface area contributed by atoms with Crippen molar-refractivity contribution in [2.45, 2.75) is 6.92 Å². The Hall–Kier alpha value is -0.830. The SMILES string of the molecule is C=CC(C)(COC)C(=O)OC. The molecule has 3 nitrogen and oxygen atoms in total. The first-order valence-electron chi connectivity index (χ1n) is 3.31. The van der Waals surface area contributed by atoms with Crippen molar-refractivity contribution in [1.29, 1.82) is 0 Å². The first kappa shape index (κ1) is 10.2. The third-order valence-electron chi connectivity index (χ3n) is 1.55. The van der Waals surface area contributed by atoms with Crippen LogP contribution in [0.1, 0.15) is 6.92 Å². The maximum Gasteiger partial charge on any atom is 0.317 e. The second-order valence-electron chi connectivity index (χ2n) is 2.55. The summed E-state index contributed by atoms with van der Waals surface area (Å²) in [5, 5.41) is 0. The number of hydrogen-bond acceptors (Lipinski definition) is 3. The predicted molar refractivity (Wildman–Crippen MR) is 42.2 cm³/mol. The summed E-state index contributed by atoms with van der Waals surface area (Å²) < 4.78 is 9.42. The number of ether oxygens (including phenoxy) is 2. The molecule has 0 aromatic rings. The van der Waals surface area contributed by atoms with Gasteiger partial charge in [-0.05, 0) is 6.92 Å². The average Bonchev–Trinajstić information content (AvgIpc) is 2.03. The minimum atomic E-state index is -0.719. The fraction of sp³-hybridized carbons (Fsp3) is 0.625. The molecule has 0 aromatic heterocycles. The van der Waals surface area contributed by atoms with Crippen LogP contribution in [0, 0.1) is 5.41 Å². The van der Waals surface area contributed by atoms with Gasteiger partial charge in [-0.3, -0.25) is 4.79 Å². The van der Waals surface area contributed by atoms with E-state index >= 15 is 0 Å². The Kier molecular flexibility index (Phi) is 3.82. The summed E-state index contributed by atoms with van der Waals surface area (Å²) in [6.07, 6.45) is 1.53. The van der Waals surface area contributed by atoms with Gasteiger partial charge in [-0.1, -0.05) is 6.08 Å². The van der Waals surface area contributed by atoms with E-state index in [4.69, 9.17) is 4.74 Å². The fourth-order valence-corrected chi connectivity index (χ4v) is 0.734. The van der Waals surface area contributed by atoms with Crippen molar-refractivity contribution in [3.05, 3.63) is 12.7 Å². The summed E-state index contributed by atoms with van der Waals surface area (Å²) in [6.45, 7) is 5.55. The molecule has 1 unspecified atom stereocenters. The van der Waals surface area contributed by atoms with E-state index in [0.717, 1.165) is 0 Å². The topological polar surface area (TPSA) is 35.5 Å². The van der Waals surface area contributed by atoms with Crippen LogP contribution in [-0.2, 0) is 14.3 Å². The Balaban J connectivity index is 4.31. The molecule has 0 spiro atoms. The molecule has 0 aliphatic carbocycles. The minimum Gasteiger partial charge on any atom is -0.468 e. The van der Waals surface area contributed by atoms with Gasteiger partial charge in [-0.2, -0.15) is 0 Å². The van der Waals surface area contributed by atoms with Crippen LogP contribution in [0.4, 0.5) is 0 Å². The van der Waals surface area contributed by atoms with Crippen molar-refractivity contribution >= 4 is 5.97 Å². The Morgan fingerprint density at radius 1 is 1.64 bits per heavy atom. The molecule has 11 heavy (non-hydrogen) atoms. The Morgan fingerprint density at radius 3 is 2.45 bits per heavy atom. The van der Waals surface area contributed by atoms with E-state index in [1.54, 1.807) is 6.92 Å². The molecule has 64 valence electrons. The van der Waals surface area contributed by atoms with Crippen LogP contribution in [0.15, 0.2) is 12.7 Å². The van der Waals surface area contributed by atoms with Crippen molar-refractivity contribution < 1.29 is 14.3 Å². The molecule has 1 atom stereocenters. The number of rotatable bonds is 4. The van der Waals surface area contributed by atoms with Crippen molar-refractivity contribution in [2.24, 2.45) is 5.41 Å². The second-order valence-corrected chi connectivity index (χ2v) is 2.55. The van der Waals surface area contributed by atoms with Gasteiger partial charge in [-0.15, -0.1) is 6.58 Å². The van der Waals surface area contributed by atoms with E-state index in [0.29, 0.717) is 6.61 Å². The minimum absolute atomic E-state index is 0.295. The van der Waals surface area contributed by atoms with Gasteiger partial charge in [0.25, 0.3) is 0 Å². The Bertz CT molecular complexity index is 153. The monoisotopic (exact) mass is 158 g/mol. The molecule has 0 saturated heterocycles. The first-order chi connectivity index (χ1) is 5.10. The van der Waals surface area contributed by atoms with E-state index in [9.17, 15) is 4.79 Å². The third-order valence-corrected chi connectivity index (χ3v) is 1.55. The zero-order valence-electron chi connectivity index (χ0n) is 7.22. The van der Waals surface area contributed by atoms with Crippen LogP contribution in [0.2, 0.25) is 0 Å². The molecular formula is C8H14O3. The van der Waals surface area contributed by atoms with Crippen molar-refractivity contribution in [3.8, 4) is 0 Å². The van der Waals surface area contributed by atoms with Gasteiger partial charge >= 0.3 is 5.97 Å². The summed E-state index contributed by atoms with van der Waals surface area (Å²) >= 11 is 0. The number of carbonyl (C=O) groups is 1. The normalized spacial score (nSPS) is 15.2. The van der Waals surface area contributed by atoms with Crippen molar-refractivity contribution in [3.63, 3.8) is 0 Å². The molecule has 0 aliphatic heterocycles. The highest BCUT2D eigenvalue weighted by Crippen LogP contribution is 2.19. The van der Waals surface area contributed by atoms with Crippen LogP contribution in [0.25, 0.3) is 0 Å². The lowest BCUT2D eigenvalue weighted by atomic mass is 9.92. The van der Waals surface area contributed by atoms with Crippen molar-refractivity contribution in [2.75, 3.05) is 20.8 Å². The fourth-order valence-electron chi connectivity index (χ4n) is 0.734. The van der Waals surface area contributed by atoms with E-state index < -0.39 is 5.41 Å². The summed E-state index contributed by atoms with van der Waals surface area (Å²) in [4.78, 5) is 11.1. The standard InChI is InChI=1S/C8H14O3/c1-5-8(2,6-10-3)7(9)11-4/h5H,1,6H2,2-4H3. The Labute approximate surface area is 67.0 Å². The Morgan fingerprint density at radius 2 is 2.18 bits per heavy atom. The molecule has 3 heteroatoms. The number of esters is 1. The van der Waals surface area contributed by atoms with Crippen LogP contribution in [-0.4, -0.2) is 26.8 Å². The van der Waals surface area contributed by atoms with Crippen LogP contribution < -0.4 is 0 Å². The molecule has 0 fully saturated rings. The van der Waals surface area contributed by atoms with Gasteiger partial charge < -0.3 is 9.47 Å². The summed E-state index contributed by atoms with van der Waals surface area (Å²) in [6, 6.07) is 0. The zero-order chi connectivity index (χ0) is 8.91. The van der Waals surface area contributed by atoms with E-state index in [1.165, 1.54) is 20.3 Å². The van der Waals surface area contributed by atoms with Crippen LogP contribution in [0.3, 0.4) is 0 Å². The third kappa shape index (κ3) is 2.35. The highest BCUT2D eigenvalue weighted by atomic mass is 16.5. The van der Waals surface area contributed by atoms with Gasteiger partial charge in [-0.25, -0.2) is 0 Å². The second kappa shape index (κ2) is 4.13. The van der Waals surface area contributed by atoms with Gasteiger partial charge in [0.1, 0.15) is 5.41 Å². The lowest BCUT2D eigenvalue weighted by molar-refractivity contribution is -0.151. The highest BCUT2D eigenvalue weighted by molar-refractivity contribution is 5.78. The summed E-state index contributed by atoms with van der Waals surface area (Å²) in [5.41, 5.74) is -0.719. The predicted octanol–water partition coefficient (Wildman–Crippen LogP) is 0.998. The largest absolute Gasteiger partial charge is 0.468 e. The molecular weight excluding hydrogens is 144 g/mol. The molecule has 0 rings (SSSR count). The van der Waals surface area contributed by atoms with Crippen LogP contribution in [0.5, 0.6) is 0 Å². The average molecular weight is 158 g/mol. The smallest absolute Gasteiger partial charge is 0.317 e. The molecule has 0 heterocycles. The maximum absolute atomic E-state index is 11.1. The summed E-state index contributed by atoms with van der Waals surface area (Å²) in [7, 11) is 2.88. The molecule has 0 N–H and O–H groups in total. The number of carbonyl (C=O) groups excluding carboxylic acids is 1. The van der Waals surface area contributed by atoms with E-state index in [1.807, 2.05) is 0 Å².